The van der Waals surface area contributed by atoms with Gasteiger partial charge in [-0.05, 0) is 38.3 Å². The van der Waals surface area contributed by atoms with Crippen LogP contribution < -0.4 is 27.4 Å². The van der Waals surface area contributed by atoms with Gasteiger partial charge in [0.25, 0.3) is 5.91 Å². The first-order valence-corrected chi connectivity index (χ1v) is 13.5. The highest BCUT2D eigenvalue weighted by atomic mass is 16.5. The maximum absolute atomic E-state index is 13.3. The van der Waals surface area contributed by atoms with Crippen LogP contribution in [0, 0.1) is 6.92 Å². The number of hydrogen-bond acceptors (Lipinski definition) is 11. The van der Waals surface area contributed by atoms with Crippen LogP contribution in [0.2, 0.25) is 0 Å². The summed E-state index contributed by atoms with van der Waals surface area (Å²) in [6.07, 6.45) is 5.54. The second-order valence-electron chi connectivity index (χ2n) is 9.92. The number of aliphatic imine (C=N–C) groups is 1. The van der Waals surface area contributed by atoms with Gasteiger partial charge in [0.1, 0.15) is 23.6 Å². The quantitative estimate of drug-likeness (QED) is 0.354. The van der Waals surface area contributed by atoms with Crippen molar-refractivity contribution in [1.82, 2.24) is 30.6 Å². The Balaban J connectivity index is 1.44. The van der Waals surface area contributed by atoms with E-state index < -0.39 is 0 Å². The minimum atomic E-state index is -0.188. The van der Waals surface area contributed by atoms with Crippen LogP contribution in [0.4, 0.5) is 11.6 Å². The number of pyridine rings is 1. The number of rotatable bonds is 6. The molecule has 7 N–H and O–H groups in total. The molecule has 2 aromatic rings. The number of aryl methyl sites for hydroxylation is 1. The van der Waals surface area contributed by atoms with Crippen molar-refractivity contribution in [3.05, 3.63) is 59.5 Å². The molecule has 4 rings (SSSR count). The molecular formula is C27H38N10O3. The molecule has 4 heterocycles. The number of hydrogen-bond donors (Lipinski definition) is 5. The zero-order valence-electron chi connectivity index (χ0n) is 23.0. The number of nitrogens with two attached hydrogens (primary N) is 2. The van der Waals surface area contributed by atoms with Crippen molar-refractivity contribution in [3.8, 4) is 0 Å². The molecule has 0 bridgehead atoms. The summed E-state index contributed by atoms with van der Waals surface area (Å²) in [5, 5.41) is 12.6. The van der Waals surface area contributed by atoms with E-state index in [9.17, 15) is 9.59 Å². The molecule has 1 saturated heterocycles. The molecule has 13 nitrogen and oxygen atoms in total. The normalized spacial score (nSPS) is 21.6. The minimum absolute atomic E-state index is 0.0222. The molecule has 1 unspecified atom stereocenters. The highest BCUT2D eigenvalue weighted by Crippen LogP contribution is 2.24. The zero-order chi connectivity index (χ0) is 28.6. The third-order valence-corrected chi connectivity index (χ3v) is 7.23. The largest absolute Gasteiger partial charge is 0.383 e. The van der Waals surface area contributed by atoms with E-state index in [1.165, 1.54) is 12.6 Å². The Labute approximate surface area is 233 Å². The lowest BCUT2D eigenvalue weighted by atomic mass is 9.97. The SMILES string of the molecule is C=C(Nc1ccon1)/C1=C(\N)NC=NCCN(C2CCN(C(=O)c3ccc(C)nc3N)CC2)C(CC)CC(=O)N1. The number of nitrogens with zero attached hydrogens (tertiary/aromatic N) is 5. The van der Waals surface area contributed by atoms with Crippen molar-refractivity contribution in [1.29, 1.82) is 0 Å². The molecule has 1 fully saturated rings. The Bertz CT molecular complexity index is 1270. The van der Waals surface area contributed by atoms with E-state index in [0.29, 0.717) is 49.0 Å². The number of amides is 2. The molecule has 2 amide bonds. The molecule has 2 aromatic heterocycles. The Morgan fingerprint density at radius 2 is 2.00 bits per heavy atom. The summed E-state index contributed by atoms with van der Waals surface area (Å²) >= 11 is 0. The lowest BCUT2D eigenvalue weighted by Gasteiger charge is -2.42. The molecule has 2 aliphatic rings. The Morgan fingerprint density at radius 3 is 2.67 bits per heavy atom. The summed E-state index contributed by atoms with van der Waals surface area (Å²) in [5.41, 5.74) is 14.1. The smallest absolute Gasteiger partial charge is 0.257 e. The first-order valence-electron chi connectivity index (χ1n) is 13.5. The average molecular weight is 551 g/mol. The number of nitrogens with one attached hydrogen (secondary N) is 3. The maximum Gasteiger partial charge on any atom is 0.257 e. The van der Waals surface area contributed by atoms with Gasteiger partial charge >= 0.3 is 0 Å². The predicted molar refractivity (Wildman–Crippen MR) is 153 cm³/mol. The van der Waals surface area contributed by atoms with Gasteiger partial charge in [-0.1, -0.05) is 18.7 Å². The number of anilines is 2. The van der Waals surface area contributed by atoms with Crippen LogP contribution >= 0.6 is 0 Å². The summed E-state index contributed by atoms with van der Waals surface area (Å²) in [6.45, 7) is 10.3. The first kappa shape index (κ1) is 28.6. The van der Waals surface area contributed by atoms with Gasteiger partial charge < -0.3 is 36.8 Å². The fourth-order valence-corrected chi connectivity index (χ4v) is 5.12. The van der Waals surface area contributed by atoms with E-state index in [0.717, 1.165) is 25.0 Å². The molecule has 0 saturated carbocycles. The second-order valence-corrected chi connectivity index (χ2v) is 9.92. The van der Waals surface area contributed by atoms with E-state index in [1.807, 2.05) is 11.8 Å². The van der Waals surface area contributed by atoms with Crippen LogP contribution in [0.25, 0.3) is 0 Å². The van der Waals surface area contributed by atoms with E-state index in [2.05, 4.69) is 49.5 Å². The Morgan fingerprint density at radius 1 is 1.23 bits per heavy atom. The number of carbonyl (C=O) groups excluding carboxylic acids is 2. The Kier molecular flexibility index (Phi) is 9.38. The summed E-state index contributed by atoms with van der Waals surface area (Å²) in [4.78, 5) is 39.3. The molecule has 13 heteroatoms. The van der Waals surface area contributed by atoms with Gasteiger partial charge in [-0.3, -0.25) is 19.5 Å². The summed E-state index contributed by atoms with van der Waals surface area (Å²) in [5.74, 6) is 0.600. The van der Waals surface area contributed by atoms with Gasteiger partial charge in [0.15, 0.2) is 5.82 Å². The maximum atomic E-state index is 13.3. The third kappa shape index (κ3) is 6.97. The van der Waals surface area contributed by atoms with Crippen LogP contribution in [0.5, 0.6) is 0 Å². The first-order chi connectivity index (χ1) is 19.3. The molecule has 0 spiro atoms. The fraction of sp³-hybridized carbons (Fsp3) is 0.444. The fourth-order valence-electron chi connectivity index (χ4n) is 5.12. The van der Waals surface area contributed by atoms with Gasteiger partial charge in [0.05, 0.1) is 24.1 Å². The van der Waals surface area contributed by atoms with Crippen LogP contribution in [0.3, 0.4) is 0 Å². The molecule has 1 atom stereocenters. The van der Waals surface area contributed by atoms with Crippen molar-refractivity contribution in [3.63, 3.8) is 0 Å². The minimum Gasteiger partial charge on any atom is -0.383 e. The molecule has 2 aliphatic heterocycles. The average Bonchev–Trinajstić information content (AvgIpc) is 3.44. The molecule has 0 aromatic carbocycles. The van der Waals surface area contributed by atoms with Crippen LogP contribution in [0.1, 0.15) is 48.7 Å². The van der Waals surface area contributed by atoms with Gasteiger partial charge in [-0.15, -0.1) is 0 Å². The summed E-state index contributed by atoms with van der Waals surface area (Å²) in [7, 11) is 0. The van der Waals surface area contributed by atoms with E-state index in [-0.39, 0.29) is 42.0 Å². The number of likely N-dealkylation sites (tertiary alicyclic amines) is 1. The topological polar surface area (TPSA) is 180 Å². The monoisotopic (exact) mass is 550 g/mol. The standard InChI is InChI=1S/C27H38N10O3/c1-4-19-15-23(38)34-24(18(3)33-22-9-14-40-35-22)26(29)31-16-30-10-13-37(19)20-7-11-36(12-8-20)27(39)21-6-5-17(2)32-25(21)28/h5-6,9,14,16,19-20H,3-4,7-8,10-13,15,29H2,1-2H3,(H2,28,32)(H,30,31)(H,33,35)(H,34,38)/b26-24-. The van der Waals surface area contributed by atoms with Crippen molar-refractivity contribution in [2.24, 2.45) is 10.7 Å². The zero-order valence-corrected chi connectivity index (χ0v) is 23.0. The third-order valence-electron chi connectivity index (χ3n) is 7.23. The van der Waals surface area contributed by atoms with Crippen molar-refractivity contribution >= 4 is 29.8 Å². The summed E-state index contributed by atoms with van der Waals surface area (Å²) < 4.78 is 4.85. The van der Waals surface area contributed by atoms with Crippen LogP contribution in [0.15, 0.2) is 57.8 Å². The lowest BCUT2D eigenvalue weighted by molar-refractivity contribution is -0.122. The highest BCUT2D eigenvalue weighted by molar-refractivity contribution is 5.98. The van der Waals surface area contributed by atoms with Crippen LogP contribution in [-0.2, 0) is 4.79 Å². The van der Waals surface area contributed by atoms with Gasteiger partial charge in [-0.25, -0.2) is 4.98 Å². The number of aromatic nitrogens is 2. The molecule has 214 valence electrons. The van der Waals surface area contributed by atoms with Crippen LogP contribution in [-0.4, -0.2) is 76.4 Å². The molecule has 0 radical (unpaired) electrons. The van der Waals surface area contributed by atoms with Gasteiger partial charge in [0, 0.05) is 49.9 Å². The lowest BCUT2D eigenvalue weighted by Crippen LogP contribution is -2.52. The van der Waals surface area contributed by atoms with E-state index in [1.54, 1.807) is 18.2 Å². The van der Waals surface area contributed by atoms with Crippen molar-refractivity contribution in [2.45, 2.75) is 51.6 Å². The van der Waals surface area contributed by atoms with Crippen molar-refractivity contribution in [2.75, 3.05) is 37.2 Å². The summed E-state index contributed by atoms with van der Waals surface area (Å²) in [6, 6.07) is 5.35. The molecular weight excluding hydrogens is 512 g/mol. The molecule has 0 aliphatic carbocycles. The van der Waals surface area contributed by atoms with E-state index in [4.69, 9.17) is 16.0 Å². The number of piperidine rings is 1. The van der Waals surface area contributed by atoms with Gasteiger partial charge in [0.2, 0.25) is 5.91 Å². The second kappa shape index (κ2) is 13.1. The van der Waals surface area contributed by atoms with E-state index >= 15 is 0 Å². The molecule has 40 heavy (non-hydrogen) atoms. The Hall–Kier alpha value is -4.39. The highest BCUT2D eigenvalue weighted by Gasteiger charge is 2.32. The van der Waals surface area contributed by atoms with Gasteiger partial charge in [-0.2, -0.15) is 0 Å². The number of nitrogen functional groups attached to an aromatic ring is 1. The predicted octanol–water partition coefficient (Wildman–Crippen LogP) is 1.54. The number of carbonyl (C=O) groups is 2. The van der Waals surface area contributed by atoms with Crippen molar-refractivity contribution < 1.29 is 14.1 Å².